The second-order valence-corrected chi connectivity index (χ2v) is 4.44. The zero-order valence-electron chi connectivity index (χ0n) is 8.48. The molecule has 1 aromatic heterocycles. The molecule has 1 aromatic carbocycles. The van der Waals surface area contributed by atoms with Gasteiger partial charge < -0.3 is 5.32 Å². The van der Waals surface area contributed by atoms with Crippen LogP contribution in [0.25, 0.3) is 0 Å². The number of hydrogen-bond acceptors (Lipinski definition) is 4. The SMILES string of the molecule is Cn1nnc(CNc2ccc(Br)c(Cl)c2)n1. The normalized spacial score (nSPS) is 10.4. The van der Waals surface area contributed by atoms with Crippen LogP contribution >= 0.6 is 27.5 Å². The minimum absolute atomic E-state index is 0.520. The highest BCUT2D eigenvalue weighted by molar-refractivity contribution is 9.10. The fourth-order valence-corrected chi connectivity index (χ4v) is 1.61. The number of aryl methyl sites for hydroxylation is 1. The molecule has 2 aromatic rings. The molecular weight excluding hydrogens is 293 g/mol. The molecule has 0 saturated heterocycles. The summed E-state index contributed by atoms with van der Waals surface area (Å²) in [4.78, 5) is 1.42. The van der Waals surface area contributed by atoms with Gasteiger partial charge >= 0.3 is 0 Å². The van der Waals surface area contributed by atoms with Crippen LogP contribution in [-0.4, -0.2) is 20.2 Å². The highest BCUT2D eigenvalue weighted by Gasteiger charge is 2.02. The Balaban J connectivity index is 2.02. The second-order valence-electron chi connectivity index (χ2n) is 3.18. The molecule has 1 N–H and O–H groups in total. The Morgan fingerprint density at radius 3 is 2.94 bits per heavy atom. The van der Waals surface area contributed by atoms with E-state index in [1.54, 1.807) is 7.05 Å². The summed E-state index contributed by atoms with van der Waals surface area (Å²) in [6.07, 6.45) is 0. The first-order valence-electron chi connectivity index (χ1n) is 4.57. The third-order valence-corrected chi connectivity index (χ3v) is 3.15. The number of nitrogens with one attached hydrogen (secondary N) is 1. The van der Waals surface area contributed by atoms with Crippen LogP contribution in [0.4, 0.5) is 5.69 Å². The lowest BCUT2D eigenvalue weighted by Gasteiger charge is -2.04. The fourth-order valence-electron chi connectivity index (χ4n) is 1.18. The van der Waals surface area contributed by atoms with Gasteiger partial charge in [0.15, 0.2) is 5.82 Å². The predicted molar refractivity (Wildman–Crippen MR) is 65.3 cm³/mol. The van der Waals surface area contributed by atoms with Crippen LogP contribution in [0.2, 0.25) is 5.02 Å². The third-order valence-electron chi connectivity index (χ3n) is 1.92. The van der Waals surface area contributed by atoms with Crippen molar-refractivity contribution in [2.45, 2.75) is 6.54 Å². The molecular formula is C9H9BrClN5. The maximum absolute atomic E-state index is 5.97. The fraction of sp³-hybridized carbons (Fsp3) is 0.222. The molecule has 0 unspecified atom stereocenters. The van der Waals surface area contributed by atoms with Crippen LogP contribution in [0.15, 0.2) is 22.7 Å². The second kappa shape index (κ2) is 4.80. The van der Waals surface area contributed by atoms with Crippen molar-refractivity contribution >= 4 is 33.2 Å². The summed E-state index contributed by atoms with van der Waals surface area (Å²) < 4.78 is 0.873. The number of benzene rings is 1. The maximum atomic E-state index is 5.97. The van der Waals surface area contributed by atoms with Crippen molar-refractivity contribution in [3.63, 3.8) is 0 Å². The van der Waals surface area contributed by atoms with Crippen LogP contribution in [0.3, 0.4) is 0 Å². The third kappa shape index (κ3) is 2.70. The van der Waals surface area contributed by atoms with Gasteiger partial charge in [-0.25, -0.2) is 0 Å². The minimum Gasteiger partial charge on any atom is -0.378 e. The zero-order chi connectivity index (χ0) is 11.5. The van der Waals surface area contributed by atoms with Gasteiger partial charge in [0.1, 0.15) is 0 Å². The highest BCUT2D eigenvalue weighted by Crippen LogP contribution is 2.25. The zero-order valence-corrected chi connectivity index (χ0v) is 10.8. The van der Waals surface area contributed by atoms with E-state index in [0.717, 1.165) is 10.2 Å². The lowest BCUT2D eigenvalue weighted by atomic mass is 10.3. The van der Waals surface area contributed by atoms with E-state index in [1.165, 1.54) is 4.80 Å². The molecule has 0 aliphatic rings. The van der Waals surface area contributed by atoms with Gasteiger partial charge in [-0.3, -0.25) is 0 Å². The van der Waals surface area contributed by atoms with Crippen molar-refractivity contribution in [2.75, 3.05) is 5.32 Å². The van der Waals surface area contributed by atoms with Gasteiger partial charge in [-0.2, -0.15) is 4.80 Å². The molecule has 0 aliphatic carbocycles. The summed E-state index contributed by atoms with van der Waals surface area (Å²) in [6, 6.07) is 5.64. The average molecular weight is 303 g/mol. The summed E-state index contributed by atoms with van der Waals surface area (Å²) in [7, 11) is 1.73. The van der Waals surface area contributed by atoms with E-state index in [1.807, 2.05) is 18.2 Å². The van der Waals surface area contributed by atoms with E-state index in [9.17, 15) is 0 Å². The number of anilines is 1. The van der Waals surface area contributed by atoms with Gasteiger partial charge in [-0.05, 0) is 39.3 Å². The molecule has 84 valence electrons. The van der Waals surface area contributed by atoms with Crippen molar-refractivity contribution in [2.24, 2.45) is 7.05 Å². The van der Waals surface area contributed by atoms with Gasteiger partial charge in [-0.1, -0.05) is 11.6 Å². The number of rotatable bonds is 3. The number of halogens is 2. The smallest absolute Gasteiger partial charge is 0.193 e. The Bertz CT molecular complexity index is 498. The molecule has 0 spiro atoms. The quantitative estimate of drug-likeness (QED) is 0.945. The topological polar surface area (TPSA) is 55.6 Å². The van der Waals surface area contributed by atoms with Crippen LogP contribution in [0.1, 0.15) is 5.82 Å². The monoisotopic (exact) mass is 301 g/mol. The molecule has 2 rings (SSSR count). The minimum atomic E-state index is 0.520. The van der Waals surface area contributed by atoms with E-state index in [4.69, 9.17) is 11.6 Å². The number of nitrogens with zero attached hydrogens (tertiary/aromatic N) is 4. The summed E-state index contributed by atoms with van der Waals surface area (Å²) in [5.74, 6) is 0.640. The first kappa shape index (κ1) is 11.3. The Labute approximate surface area is 106 Å². The molecule has 0 amide bonds. The van der Waals surface area contributed by atoms with Gasteiger partial charge in [0.2, 0.25) is 0 Å². The molecule has 0 bridgehead atoms. The number of aromatic nitrogens is 4. The number of tetrazole rings is 1. The first-order valence-corrected chi connectivity index (χ1v) is 5.74. The molecule has 16 heavy (non-hydrogen) atoms. The largest absolute Gasteiger partial charge is 0.378 e. The van der Waals surface area contributed by atoms with Crippen molar-refractivity contribution < 1.29 is 0 Å². The molecule has 0 atom stereocenters. The summed E-state index contributed by atoms with van der Waals surface area (Å²) in [6.45, 7) is 0.520. The molecule has 0 radical (unpaired) electrons. The van der Waals surface area contributed by atoms with E-state index >= 15 is 0 Å². The van der Waals surface area contributed by atoms with Crippen LogP contribution < -0.4 is 5.32 Å². The van der Waals surface area contributed by atoms with Crippen LogP contribution in [-0.2, 0) is 13.6 Å². The van der Waals surface area contributed by atoms with E-state index in [0.29, 0.717) is 17.4 Å². The maximum Gasteiger partial charge on any atom is 0.193 e. The lowest BCUT2D eigenvalue weighted by Crippen LogP contribution is -2.02. The number of hydrogen-bond donors (Lipinski definition) is 1. The van der Waals surface area contributed by atoms with Crippen molar-refractivity contribution in [3.8, 4) is 0 Å². The standard InChI is InChI=1S/C9H9BrClN5/c1-16-14-9(13-15-16)5-12-6-2-3-7(10)8(11)4-6/h2-4,12H,5H2,1H3. The molecule has 0 fully saturated rings. The molecule has 0 aliphatic heterocycles. The highest BCUT2D eigenvalue weighted by atomic mass is 79.9. The summed E-state index contributed by atoms with van der Waals surface area (Å²) in [5.41, 5.74) is 0.917. The Morgan fingerprint density at radius 1 is 1.50 bits per heavy atom. The average Bonchev–Trinajstić information content (AvgIpc) is 2.66. The van der Waals surface area contributed by atoms with Crippen LogP contribution in [0.5, 0.6) is 0 Å². The Morgan fingerprint density at radius 2 is 2.31 bits per heavy atom. The van der Waals surface area contributed by atoms with E-state index < -0.39 is 0 Å². The summed E-state index contributed by atoms with van der Waals surface area (Å²) in [5, 5.41) is 15.5. The van der Waals surface area contributed by atoms with Gasteiger partial charge in [0.25, 0.3) is 0 Å². The van der Waals surface area contributed by atoms with Crippen molar-refractivity contribution in [1.29, 1.82) is 0 Å². The van der Waals surface area contributed by atoms with Crippen molar-refractivity contribution in [1.82, 2.24) is 20.2 Å². The molecule has 5 nitrogen and oxygen atoms in total. The van der Waals surface area contributed by atoms with Gasteiger partial charge in [0, 0.05) is 10.2 Å². The van der Waals surface area contributed by atoms with E-state index in [-0.39, 0.29) is 0 Å². The van der Waals surface area contributed by atoms with E-state index in [2.05, 4.69) is 36.7 Å². The lowest BCUT2D eigenvalue weighted by molar-refractivity contribution is 0.628. The van der Waals surface area contributed by atoms with Crippen LogP contribution in [0, 0.1) is 0 Å². The molecule has 1 heterocycles. The Hall–Kier alpha value is -1.14. The van der Waals surface area contributed by atoms with Crippen molar-refractivity contribution in [3.05, 3.63) is 33.5 Å². The summed E-state index contributed by atoms with van der Waals surface area (Å²) >= 11 is 9.30. The predicted octanol–water partition coefficient (Wildman–Crippen LogP) is 2.24. The Kier molecular flexibility index (Phi) is 3.40. The van der Waals surface area contributed by atoms with Gasteiger partial charge in [-0.15, -0.1) is 10.2 Å². The molecule has 0 saturated carbocycles. The molecule has 7 heteroatoms. The van der Waals surface area contributed by atoms with Gasteiger partial charge in [0.05, 0.1) is 18.6 Å². The first-order chi connectivity index (χ1) is 7.65.